The molecule has 2 fully saturated rings. The second-order valence-electron chi connectivity index (χ2n) is 8.12. The number of likely N-dealkylation sites (tertiary alicyclic amines) is 1. The van der Waals surface area contributed by atoms with Crippen molar-refractivity contribution in [2.45, 2.75) is 56.6 Å². The molecule has 1 aromatic carbocycles. The molecule has 3 rings (SSSR count). The highest BCUT2D eigenvalue weighted by Crippen LogP contribution is 2.21. The standard InChI is InChI=1S/C21H33N3O4S/c1-17-15-24(16-18(2)28-17)29(26,27)20-9-7-19(8-10-20)21(25)22-11-6-14-23-12-4-3-5-13-23/h7-10,17-18H,3-6,11-16H2,1-2H3,(H,22,25)/t17-,18+. The number of hydrogen-bond donors (Lipinski definition) is 1. The van der Waals surface area contributed by atoms with E-state index in [9.17, 15) is 13.2 Å². The molecule has 2 heterocycles. The van der Waals surface area contributed by atoms with Gasteiger partial charge in [-0.3, -0.25) is 4.79 Å². The van der Waals surface area contributed by atoms with Crippen LogP contribution in [0.4, 0.5) is 0 Å². The zero-order valence-electron chi connectivity index (χ0n) is 17.5. The molecular formula is C21H33N3O4S. The molecular weight excluding hydrogens is 390 g/mol. The maximum absolute atomic E-state index is 12.9. The highest BCUT2D eigenvalue weighted by Gasteiger charge is 2.32. The normalized spacial score (nSPS) is 24.3. The summed E-state index contributed by atoms with van der Waals surface area (Å²) in [5.41, 5.74) is 0.477. The number of benzene rings is 1. The molecule has 162 valence electrons. The molecule has 1 N–H and O–H groups in total. The summed E-state index contributed by atoms with van der Waals surface area (Å²) in [4.78, 5) is 15.0. The van der Waals surface area contributed by atoms with Crippen LogP contribution in [-0.4, -0.2) is 75.0 Å². The topological polar surface area (TPSA) is 79.0 Å². The van der Waals surface area contributed by atoms with E-state index in [1.165, 1.54) is 35.7 Å². The zero-order valence-corrected chi connectivity index (χ0v) is 18.3. The molecule has 0 radical (unpaired) electrons. The summed E-state index contributed by atoms with van der Waals surface area (Å²) >= 11 is 0. The fraction of sp³-hybridized carbons (Fsp3) is 0.667. The van der Waals surface area contributed by atoms with Gasteiger partial charge >= 0.3 is 0 Å². The molecule has 2 aliphatic rings. The van der Waals surface area contributed by atoms with Crippen LogP contribution in [-0.2, 0) is 14.8 Å². The van der Waals surface area contributed by atoms with Crippen molar-refractivity contribution in [2.75, 3.05) is 39.3 Å². The molecule has 2 aliphatic heterocycles. The Morgan fingerprint density at radius 3 is 2.31 bits per heavy atom. The van der Waals surface area contributed by atoms with Crippen LogP contribution < -0.4 is 5.32 Å². The zero-order chi connectivity index (χ0) is 20.9. The van der Waals surface area contributed by atoms with Gasteiger partial charge in [0.25, 0.3) is 5.91 Å². The number of hydrogen-bond acceptors (Lipinski definition) is 5. The van der Waals surface area contributed by atoms with Crippen molar-refractivity contribution in [2.24, 2.45) is 0 Å². The van der Waals surface area contributed by atoms with Gasteiger partial charge in [0.15, 0.2) is 0 Å². The number of nitrogens with zero attached hydrogens (tertiary/aromatic N) is 2. The first-order chi connectivity index (χ1) is 13.9. The Kier molecular flexibility index (Phi) is 7.67. The van der Waals surface area contributed by atoms with Gasteiger partial charge in [0, 0.05) is 25.2 Å². The first-order valence-electron chi connectivity index (χ1n) is 10.6. The number of carbonyl (C=O) groups excluding carboxylic acids is 1. The lowest BCUT2D eigenvalue weighted by Gasteiger charge is -2.34. The first-order valence-corrected chi connectivity index (χ1v) is 12.1. The SMILES string of the molecule is C[C@@H]1CN(S(=O)(=O)c2ccc(C(=O)NCCCN3CCCCC3)cc2)C[C@H](C)O1. The molecule has 2 saturated heterocycles. The third kappa shape index (κ3) is 6.01. The average molecular weight is 424 g/mol. The van der Waals surface area contributed by atoms with Gasteiger partial charge in [-0.2, -0.15) is 4.31 Å². The van der Waals surface area contributed by atoms with Crippen LogP contribution in [0.3, 0.4) is 0 Å². The summed E-state index contributed by atoms with van der Waals surface area (Å²) in [6.07, 6.45) is 4.51. The van der Waals surface area contributed by atoms with Crippen molar-refractivity contribution in [1.29, 1.82) is 0 Å². The summed E-state index contributed by atoms with van der Waals surface area (Å²) in [6.45, 7) is 8.37. The van der Waals surface area contributed by atoms with Crippen LogP contribution in [0.25, 0.3) is 0 Å². The summed E-state index contributed by atoms with van der Waals surface area (Å²) < 4.78 is 32.9. The lowest BCUT2D eigenvalue weighted by atomic mass is 10.1. The second kappa shape index (κ2) is 10.0. The largest absolute Gasteiger partial charge is 0.373 e. The molecule has 0 unspecified atom stereocenters. The summed E-state index contributed by atoms with van der Waals surface area (Å²) in [7, 11) is -3.59. The van der Waals surface area contributed by atoms with Crippen LogP contribution in [0.2, 0.25) is 0 Å². The monoisotopic (exact) mass is 423 g/mol. The molecule has 0 bridgehead atoms. The number of ether oxygens (including phenoxy) is 1. The number of piperidine rings is 1. The van der Waals surface area contributed by atoms with Crippen molar-refractivity contribution < 1.29 is 17.9 Å². The van der Waals surface area contributed by atoms with Gasteiger partial charge in [0.05, 0.1) is 17.1 Å². The van der Waals surface area contributed by atoms with Crippen LogP contribution in [0.15, 0.2) is 29.2 Å². The Balaban J connectivity index is 1.51. The average Bonchev–Trinajstić information content (AvgIpc) is 2.71. The van der Waals surface area contributed by atoms with Gasteiger partial charge in [-0.15, -0.1) is 0 Å². The van der Waals surface area contributed by atoms with Gasteiger partial charge in [0.1, 0.15) is 0 Å². The highest BCUT2D eigenvalue weighted by atomic mass is 32.2. The van der Waals surface area contributed by atoms with Gasteiger partial charge in [-0.05, 0) is 77.0 Å². The van der Waals surface area contributed by atoms with Crippen LogP contribution in [0, 0.1) is 0 Å². The van der Waals surface area contributed by atoms with Crippen molar-refractivity contribution in [3.05, 3.63) is 29.8 Å². The second-order valence-corrected chi connectivity index (χ2v) is 10.1. The summed E-state index contributed by atoms with van der Waals surface area (Å²) in [5.74, 6) is -0.166. The molecule has 1 amide bonds. The molecule has 0 aromatic heterocycles. The Labute approximate surface area is 174 Å². The van der Waals surface area contributed by atoms with E-state index in [0.717, 1.165) is 26.1 Å². The molecule has 29 heavy (non-hydrogen) atoms. The van der Waals surface area contributed by atoms with Gasteiger partial charge in [0.2, 0.25) is 10.0 Å². The Morgan fingerprint density at radius 1 is 1.07 bits per heavy atom. The molecule has 1 aromatic rings. The number of nitrogens with one attached hydrogen (secondary N) is 1. The van der Waals surface area contributed by atoms with Crippen LogP contribution >= 0.6 is 0 Å². The quantitative estimate of drug-likeness (QED) is 0.680. The lowest BCUT2D eigenvalue weighted by molar-refractivity contribution is -0.0440. The van der Waals surface area contributed by atoms with E-state index in [2.05, 4.69) is 10.2 Å². The van der Waals surface area contributed by atoms with Crippen molar-refractivity contribution in [1.82, 2.24) is 14.5 Å². The molecule has 0 spiro atoms. The van der Waals surface area contributed by atoms with E-state index in [1.54, 1.807) is 12.1 Å². The van der Waals surface area contributed by atoms with E-state index in [4.69, 9.17) is 4.74 Å². The molecule has 2 atom stereocenters. The number of amides is 1. The van der Waals surface area contributed by atoms with E-state index in [-0.39, 0.29) is 23.0 Å². The Hall–Kier alpha value is -1.48. The Bertz CT molecular complexity index is 766. The highest BCUT2D eigenvalue weighted by molar-refractivity contribution is 7.89. The predicted molar refractivity (Wildman–Crippen MR) is 112 cm³/mol. The Morgan fingerprint density at radius 2 is 1.69 bits per heavy atom. The minimum absolute atomic E-state index is 0.136. The first kappa shape index (κ1) is 22.2. The number of sulfonamides is 1. The van der Waals surface area contributed by atoms with Gasteiger partial charge in [-0.1, -0.05) is 6.42 Å². The van der Waals surface area contributed by atoms with Gasteiger partial charge < -0.3 is 15.0 Å². The fourth-order valence-electron chi connectivity index (χ4n) is 4.04. The van der Waals surface area contributed by atoms with E-state index >= 15 is 0 Å². The van der Waals surface area contributed by atoms with E-state index in [1.807, 2.05) is 13.8 Å². The van der Waals surface area contributed by atoms with Gasteiger partial charge in [-0.25, -0.2) is 8.42 Å². The predicted octanol–water partition coefficient (Wildman–Crippen LogP) is 2.09. The summed E-state index contributed by atoms with van der Waals surface area (Å²) in [6, 6.07) is 6.20. The number of carbonyl (C=O) groups is 1. The van der Waals surface area contributed by atoms with Crippen LogP contribution in [0.5, 0.6) is 0 Å². The maximum atomic E-state index is 12.9. The minimum atomic E-state index is -3.59. The van der Waals surface area contributed by atoms with Crippen molar-refractivity contribution >= 4 is 15.9 Å². The van der Waals surface area contributed by atoms with Crippen LogP contribution in [0.1, 0.15) is 49.9 Å². The molecule has 0 aliphatic carbocycles. The van der Waals surface area contributed by atoms with Crippen molar-refractivity contribution in [3.63, 3.8) is 0 Å². The smallest absolute Gasteiger partial charge is 0.251 e. The number of rotatable bonds is 7. The number of morpholine rings is 1. The maximum Gasteiger partial charge on any atom is 0.251 e. The van der Waals surface area contributed by atoms with E-state index < -0.39 is 10.0 Å². The molecule has 8 heteroatoms. The lowest BCUT2D eigenvalue weighted by Crippen LogP contribution is -2.48. The summed E-state index contributed by atoms with van der Waals surface area (Å²) in [5, 5.41) is 2.93. The third-order valence-electron chi connectivity index (χ3n) is 5.53. The fourth-order valence-corrected chi connectivity index (χ4v) is 5.63. The minimum Gasteiger partial charge on any atom is -0.373 e. The third-order valence-corrected chi connectivity index (χ3v) is 7.37. The van der Waals surface area contributed by atoms with Crippen molar-refractivity contribution in [3.8, 4) is 0 Å². The molecule has 7 nitrogen and oxygen atoms in total. The van der Waals surface area contributed by atoms with E-state index in [0.29, 0.717) is 25.2 Å². The molecule has 0 saturated carbocycles.